The monoisotopic (exact) mass is 879 g/mol. The molecule has 2 atom stereocenters. The molecule has 18 heteroatoms. The van der Waals surface area contributed by atoms with Crippen LogP contribution in [0.15, 0.2) is 58.4 Å². The molecule has 0 radical (unpaired) electrons. The van der Waals surface area contributed by atoms with Crippen molar-refractivity contribution in [2.24, 2.45) is 10.3 Å². The molecule has 0 fully saturated rings. The van der Waals surface area contributed by atoms with Gasteiger partial charge in [-0.05, 0) is 93.9 Å². The number of carbonyl (C=O) groups is 2. The molecule has 1 aromatic carbocycles. The van der Waals surface area contributed by atoms with E-state index >= 15 is 0 Å². The molecule has 0 bridgehead atoms. The first-order valence-electron chi connectivity index (χ1n) is 13.4. The molecular weight excluding hydrogens is 854 g/mol. The minimum Gasteiger partial charge on any atom is -0.495 e. The average Bonchev–Trinajstić information content (AvgIpc) is 3.62. The number of nitrogens with zero attached hydrogens (tertiary/aromatic N) is 3. The van der Waals surface area contributed by atoms with Gasteiger partial charge >= 0.3 is 0 Å². The summed E-state index contributed by atoms with van der Waals surface area (Å²) in [6.45, 7) is 0.882. The lowest BCUT2D eigenvalue weighted by molar-refractivity contribution is -0.115. The molecule has 0 saturated heterocycles. The molecule has 45 heavy (non-hydrogen) atoms. The molecule has 1 unspecified atom stereocenters. The van der Waals surface area contributed by atoms with Crippen molar-refractivity contribution < 1.29 is 34.2 Å². The van der Waals surface area contributed by atoms with Gasteiger partial charge in [0.1, 0.15) is 29.0 Å². The van der Waals surface area contributed by atoms with Gasteiger partial charge in [0, 0.05) is 38.0 Å². The number of nitrogen functional groups attached to an aromatic ring is 1. The van der Waals surface area contributed by atoms with Gasteiger partial charge in [-0.1, -0.05) is 10.3 Å². The molecule has 7 N–H and O–H groups in total. The number of nitrogens with one attached hydrogen (secondary N) is 3. The largest absolute Gasteiger partial charge is 0.495 e. The number of aliphatic hydroxyl groups is 1. The van der Waals surface area contributed by atoms with Crippen molar-refractivity contribution in [3.05, 3.63) is 59.3 Å². The van der Waals surface area contributed by atoms with Gasteiger partial charge < -0.3 is 46.0 Å². The summed E-state index contributed by atoms with van der Waals surface area (Å²) in [6, 6.07) is 3.52. The number of H-pyrrole nitrogens is 1. The van der Waals surface area contributed by atoms with E-state index in [-0.39, 0.29) is 30.9 Å². The number of imidazole rings is 1. The van der Waals surface area contributed by atoms with Crippen LogP contribution in [0.25, 0.3) is 0 Å². The van der Waals surface area contributed by atoms with Crippen LogP contribution in [0.4, 0.5) is 5.95 Å². The Morgan fingerprint density at radius 2 is 1.96 bits per heavy atom. The highest BCUT2D eigenvalue weighted by atomic mass is 79.9. The molecule has 242 valence electrons. The highest BCUT2D eigenvalue weighted by Gasteiger charge is 2.50. The van der Waals surface area contributed by atoms with Crippen LogP contribution < -0.4 is 21.1 Å². The molecule has 1 aliphatic carbocycles. The van der Waals surface area contributed by atoms with Gasteiger partial charge in [-0.15, -0.1) is 0 Å². The first-order valence-corrected chi connectivity index (χ1v) is 16.6. The van der Waals surface area contributed by atoms with Crippen molar-refractivity contribution in [3.63, 3.8) is 0 Å². The van der Waals surface area contributed by atoms with Crippen LogP contribution in [0.1, 0.15) is 24.1 Å². The number of amides is 2. The molecule has 14 nitrogen and oxygen atoms in total. The molecule has 1 aliphatic heterocycles. The molecule has 2 aliphatic rings. The summed E-state index contributed by atoms with van der Waals surface area (Å²) in [7, 11) is 1.48. The zero-order chi connectivity index (χ0) is 32.7. The fourth-order valence-corrected chi connectivity index (χ4v) is 7.79. The summed E-state index contributed by atoms with van der Waals surface area (Å²) in [5, 5.41) is 32.8. The Hall–Kier alpha value is -2.93. The number of halogens is 4. The second kappa shape index (κ2) is 15.6. The summed E-state index contributed by atoms with van der Waals surface area (Å²) in [5.74, 6) is 0.339. The van der Waals surface area contributed by atoms with Crippen LogP contribution in [-0.4, -0.2) is 82.0 Å². The maximum atomic E-state index is 12.7. The Bertz CT molecular complexity index is 1550. The minimum absolute atomic E-state index is 0.0593. The van der Waals surface area contributed by atoms with E-state index in [1.165, 1.54) is 7.11 Å². The Morgan fingerprint density at radius 1 is 1.22 bits per heavy atom. The topological polar surface area (TPSA) is 206 Å². The zero-order valence-electron chi connectivity index (χ0n) is 23.7. The van der Waals surface area contributed by atoms with Crippen molar-refractivity contribution in [2.75, 3.05) is 32.5 Å². The maximum Gasteiger partial charge on any atom is 0.269 e. The Morgan fingerprint density at radius 3 is 2.60 bits per heavy atom. The predicted molar refractivity (Wildman–Crippen MR) is 179 cm³/mol. The number of anilines is 1. The van der Waals surface area contributed by atoms with Crippen LogP contribution in [-0.2, 0) is 32.0 Å². The van der Waals surface area contributed by atoms with E-state index in [0.717, 1.165) is 5.69 Å². The number of benzene rings is 1. The lowest BCUT2D eigenvalue weighted by Gasteiger charge is -2.33. The standard InChI is InChI=1S/C27H29Br4N7O7/c1-43-22-17(30)10-27(23(39)20(22)31)11-19(38-45-27)25(41)33-4-2-6-44-21-15(28)7-13(8-16(21)29)9-18(37-42)24(40)34-5-3-14-12-35-26(32)36-14/h7-8,10,12,23,39,42H,2-6,9,11H2,1H3,(H,33,41)(H,34,40)(H3,32,35,36)/b37-18-/t23?,27-/m0/s1. The van der Waals surface area contributed by atoms with Gasteiger partial charge in [0.15, 0.2) is 11.5 Å². The Kier molecular flexibility index (Phi) is 12.1. The molecule has 2 amide bonds. The first kappa shape index (κ1) is 34.9. The van der Waals surface area contributed by atoms with Gasteiger partial charge in [0.25, 0.3) is 11.8 Å². The summed E-state index contributed by atoms with van der Waals surface area (Å²) in [6.07, 6.45) is 3.21. The van der Waals surface area contributed by atoms with E-state index in [1.807, 2.05) is 0 Å². The number of aromatic nitrogens is 2. The third-order valence-electron chi connectivity index (χ3n) is 6.74. The fraction of sp³-hybridized carbons (Fsp3) is 0.370. The normalized spacial score (nSPS) is 19.6. The highest BCUT2D eigenvalue weighted by Crippen LogP contribution is 2.44. The van der Waals surface area contributed by atoms with E-state index in [9.17, 15) is 19.9 Å². The van der Waals surface area contributed by atoms with Crippen molar-refractivity contribution in [2.45, 2.75) is 37.4 Å². The smallest absolute Gasteiger partial charge is 0.269 e. The number of carbonyl (C=O) groups excluding carboxylic acids is 2. The van der Waals surface area contributed by atoms with Crippen LogP contribution in [0.2, 0.25) is 0 Å². The predicted octanol–water partition coefficient (Wildman–Crippen LogP) is 3.55. The number of aromatic amines is 1. The molecular formula is C27H29Br4N7O7. The summed E-state index contributed by atoms with van der Waals surface area (Å²) in [4.78, 5) is 37.5. The van der Waals surface area contributed by atoms with Crippen LogP contribution in [0.5, 0.6) is 5.75 Å². The van der Waals surface area contributed by atoms with Crippen LogP contribution >= 0.6 is 63.7 Å². The number of hydrogen-bond acceptors (Lipinski definition) is 11. The van der Waals surface area contributed by atoms with Crippen molar-refractivity contribution in [3.8, 4) is 5.75 Å². The van der Waals surface area contributed by atoms with Crippen molar-refractivity contribution in [1.82, 2.24) is 20.6 Å². The molecule has 2 heterocycles. The third-order valence-corrected chi connectivity index (χ3v) is 9.30. The molecule has 1 aromatic heterocycles. The quantitative estimate of drug-likeness (QED) is 0.0753. The van der Waals surface area contributed by atoms with Gasteiger partial charge in [-0.2, -0.15) is 0 Å². The lowest BCUT2D eigenvalue weighted by atomic mass is 9.87. The Balaban J connectivity index is 1.21. The molecule has 2 aromatic rings. The van der Waals surface area contributed by atoms with E-state index in [4.69, 9.17) is 20.0 Å². The lowest BCUT2D eigenvalue weighted by Crippen LogP contribution is -2.45. The van der Waals surface area contributed by atoms with E-state index < -0.39 is 23.5 Å². The number of ether oxygens (including phenoxy) is 2. The number of methoxy groups -OCH3 is 1. The van der Waals surface area contributed by atoms with Crippen molar-refractivity contribution in [1.29, 1.82) is 0 Å². The van der Waals surface area contributed by atoms with E-state index in [1.54, 1.807) is 24.4 Å². The third kappa shape index (κ3) is 8.46. The second-order valence-electron chi connectivity index (χ2n) is 9.91. The SMILES string of the molecule is COC1=C(Br)C(O)[C@]2(C=C1Br)CC(C(=O)NCCCOc1c(Br)cc(C/C(=N/O)C(=O)NCCc3cnc(N)[nH]3)cc1Br)=NO2. The number of nitrogens with two attached hydrogens (primary N) is 1. The number of hydrogen-bond donors (Lipinski definition) is 6. The summed E-state index contributed by atoms with van der Waals surface area (Å²) >= 11 is 13.7. The number of rotatable bonds is 13. The maximum absolute atomic E-state index is 12.7. The first-order chi connectivity index (χ1) is 21.5. The minimum atomic E-state index is -1.23. The molecule has 4 rings (SSSR count). The highest BCUT2D eigenvalue weighted by molar-refractivity contribution is 9.12. The number of oxime groups is 2. The Labute approximate surface area is 291 Å². The van der Waals surface area contributed by atoms with Crippen molar-refractivity contribution >= 4 is 92.9 Å². The fourth-order valence-electron chi connectivity index (χ4n) is 4.49. The van der Waals surface area contributed by atoms with Gasteiger partial charge in [-0.3, -0.25) is 9.59 Å². The van der Waals surface area contributed by atoms with Crippen LogP contribution in [0.3, 0.4) is 0 Å². The van der Waals surface area contributed by atoms with E-state index in [2.05, 4.69) is 94.6 Å². The average molecular weight is 883 g/mol. The molecule has 0 saturated carbocycles. The second-order valence-corrected chi connectivity index (χ2v) is 13.3. The van der Waals surface area contributed by atoms with Gasteiger partial charge in [-0.25, -0.2) is 4.98 Å². The van der Waals surface area contributed by atoms with Crippen LogP contribution in [0, 0.1) is 0 Å². The van der Waals surface area contributed by atoms with Gasteiger partial charge in [0.2, 0.25) is 0 Å². The zero-order valence-corrected chi connectivity index (χ0v) is 30.0. The summed E-state index contributed by atoms with van der Waals surface area (Å²) in [5.41, 5.74) is 5.87. The summed E-state index contributed by atoms with van der Waals surface area (Å²) < 4.78 is 13.4. The molecule has 1 spiro atoms. The number of aliphatic hydroxyl groups excluding tert-OH is 1. The number of allylic oxidation sites excluding steroid dienone is 1. The van der Waals surface area contributed by atoms with Gasteiger partial charge in [0.05, 0.1) is 37.8 Å². The van der Waals surface area contributed by atoms with E-state index in [0.29, 0.717) is 66.9 Å².